The average Bonchev–Trinajstić information content (AvgIpc) is 2.46. The third kappa shape index (κ3) is 3.74. The van der Waals surface area contributed by atoms with E-state index in [1.54, 1.807) is 0 Å². The smallest absolute Gasteiger partial charge is 0.326 e. The van der Waals surface area contributed by atoms with Crippen molar-refractivity contribution in [2.75, 3.05) is 13.2 Å². The molecule has 1 aliphatic heterocycles. The van der Waals surface area contributed by atoms with Crippen molar-refractivity contribution in [3.05, 3.63) is 29.3 Å². The van der Waals surface area contributed by atoms with E-state index in [0.29, 0.717) is 18.7 Å². The first-order valence-corrected chi connectivity index (χ1v) is 7.21. The van der Waals surface area contributed by atoms with E-state index < -0.39 is 12.0 Å². The van der Waals surface area contributed by atoms with Crippen LogP contribution in [0, 0.1) is 13.8 Å². The van der Waals surface area contributed by atoms with Crippen molar-refractivity contribution in [2.24, 2.45) is 0 Å². The zero-order chi connectivity index (χ0) is 15.4. The topological polar surface area (TPSA) is 66.8 Å². The van der Waals surface area contributed by atoms with E-state index in [4.69, 9.17) is 4.74 Å². The maximum absolute atomic E-state index is 12.2. The predicted molar refractivity (Wildman–Crippen MR) is 78.4 cm³/mol. The van der Waals surface area contributed by atoms with Gasteiger partial charge in [0.05, 0.1) is 0 Å². The monoisotopic (exact) mass is 291 g/mol. The lowest BCUT2D eigenvalue weighted by atomic mass is 10.0. The van der Waals surface area contributed by atoms with Crippen molar-refractivity contribution >= 4 is 11.9 Å². The van der Waals surface area contributed by atoms with Crippen LogP contribution < -0.4 is 4.74 Å². The van der Waals surface area contributed by atoms with Gasteiger partial charge in [0.2, 0.25) is 0 Å². The number of ether oxygens (including phenoxy) is 1. The predicted octanol–water partition coefficient (Wildman–Crippen LogP) is 2.15. The molecule has 0 bridgehead atoms. The Hall–Kier alpha value is -2.04. The Kier molecular flexibility index (Phi) is 4.83. The second-order valence-corrected chi connectivity index (χ2v) is 5.49. The number of hydrogen-bond donors (Lipinski definition) is 1. The minimum atomic E-state index is -0.936. The molecule has 1 N–H and O–H groups in total. The van der Waals surface area contributed by atoms with E-state index in [0.717, 1.165) is 24.0 Å². The van der Waals surface area contributed by atoms with Gasteiger partial charge in [0.15, 0.2) is 6.61 Å². The van der Waals surface area contributed by atoms with Gasteiger partial charge >= 0.3 is 5.97 Å². The minimum absolute atomic E-state index is 0.117. The zero-order valence-electron chi connectivity index (χ0n) is 12.5. The van der Waals surface area contributed by atoms with Crippen LogP contribution in [-0.2, 0) is 9.59 Å². The molecule has 1 aromatic rings. The van der Waals surface area contributed by atoms with Crippen molar-refractivity contribution in [1.29, 1.82) is 0 Å². The highest BCUT2D eigenvalue weighted by molar-refractivity contribution is 5.84. The number of hydrogen-bond acceptors (Lipinski definition) is 3. The van der Waals surface area contributed by atoms with Crippen LogP contribution >= 0.6 is 0 Å². The highest BCUT2D eigenvalue weighted by atomic mass is 16.5. The first-order valence-electron chi connectivity index (χ1n) is 7.21. The molecule has 1 aromatic carbocycles. The SMILES string of the molecule is Cc1ccc(OCC(=O)N2CCCC[C@@H]2C(=O)O)c(C)c1. The third-order valence-electron chi connectivity index (χ3n) is 3.79. The van der Waals surface area contributed by atoms with Gasteiger partial charge < -0.3 is 14.7 Å². The van der Waals surface area contributed by atoms with Crippen LogP contribution in [0.5, 0.6) is 5.75 Å². The van der Waals surface area contributed by atoms with Crippen LogP contribution in [0.4, 0.5) is 0 Å². The van der Waals surface area contributed by atoms with Crippen LogP contribution in [-0.4, -0.2) is 41.1 Å². The van der Waals surface area contributed by atoms with Gasteiger partial charge in [-0.2, -0.15) is 0 Å². The molecule has 5 nitrogen and oxygen atoms in total. The molecular weight excluding hydrogens is 270 g/mol. The largest absolute Gasteiger partial charge is 0.483 e. The Morgan fingerprint density at radius 2 is 2.10 bits per heavy atom. The normalized spacial score (nSPS) is 18.4. The fourth-order valence-electron chi connectivity index (χ4n) is 2.67. The number of carbonyl (C=O) groups excluding carboxylic acids is 1. The molecule has 0 saturated carbocycles. The third-order valence-corrected chi connectivity index (χ3v) is 3.79. The number of aryl methyl sites for hydroxylation is 2. The number of amides is 1. The summed E-state index contributed by atoms with van der Waals surface area (Å²) >= 11 is 0. The quantitative estimate of drug-likeness (QED) is 0.923. The molecule has 5 heteroatoms. The second kappa shape index (κ2) is 6.61. The maximum Gasteiger partial charge on any atom is 0.326 e. The highest BCUT2D eigenvalue weighted by Gasteiger charge is 2.31. The van der Waals surface area contributed by atoms with Gasteiger partial charge in [0.1, 0.15) is 11.8 Å². The van der Waals surface area contributed by atoms with Crippen LogP contribution in [0.3, 0.4) is 0 Å². The van der Waals surface area contributed by atoms with Crippen LogP contribution in [0.1, 0.15) is 30.4 Å². The molecule has 114 valence electrons. The van der Waals surface area contributed by atoms with Crippen LogP contribution in [0.2, 0.25) is 0 Å². The molecular formula is C16H21NO4. The molecule has 0 unspecified atom stereocenters. The molecule has 2 rings (SSSR count). The van der Waals surface area contributed by atoms with E-state index in [-0.39, 0.29) is 12.5 Å². The lowest BCUT2D eigenvalue weighted by molar-refractivity contribution is -0.152. The van der Waals surface area contributed by atoms with Crippen molar-refractivity contribution in [3.8, 4) is 5.75 Å². The Morgan fingerprint density at radius 3 is 2.76 bits per heavy atom. The van der Waals surface area contributed by atoms with E-state index >= 15 is 0 Å². The fraction of sp³-hybridized carbons (Fsp3) is 0.500. The van der Waals surface area contributed by atoms with Gasteiger partial charge in [-0.3, -0.25) is 4.79 Å². The fourth-order valence-corrected chi connectivity index (χ4v) is 2.67. The number of likely N-dealkylation sites (tertiary alicyclic amines) is 1. The maximum atomic E-state index is 12.2. The van der Waals surface area contributed by atoms with Gasteiger partial charge in [0.25, 0.3) is 5.91 Å². The average molecular weight is 291 g/mol. The number of rotatable bonds is 4. The lowest BCUT2D eigenvalue weighted by Crippen LogP contribution is -2.49. The molecule has 1 saturated heterocycles. The van der Waals surface area contributed by atoms with Gasteiger partial charge in [-0.15, -0.1) is 0 Å². The van der Waals surface area contributed by atoms with Crippen molar-refractivity contribution in [3.63, 3.8) is 0 Å². The Morgan fingerprint density at radius 1 is 1.33 bits per heavy atom. The standard InChI is InChI=1S/C16H21NO4/c1-11-6-7-14(12(2)9-11)21-10-15(18)17-8-4-3-5-13(17)16(19)20/h6-7,9,13H,3-5,8,10H2,1-2H3,(H,19,20)/t13-/m1/s1. The molecule has 0 aliphatic carbocycles. The van der Waals surface area contributed by atoms with Crippen molar-refractivity contribution in [1.82, 2.24) is 4.90 Å². The number of benzene rings is 1. The van der Waals surface area contributed by atoms with Crippen LogP contribution in [0.25, 0.3) is 0 Å². The zero-order valence-corrected chi connectivity index (χ0v) is 12.5. The van der Waals surface area contributed by atoms with Crippen molar-refractivity contribution in [2.45, 2.75) is 39.2 Å². The minimum Gasteiger partial charge on any atom is -0.483 e. The Bertz CT molecular complexity index is 541. The lowest BCUT2D eigenvalue weighted by Gasteiger charge is -2.32. The van der Waals surface area contributed by atoms with Gasteiger partial charge in [0, 0.05) is 6.54 Å². The van der Waals surface area contributed by atoms with Crippen molar-refractivity contribution < 1.29 is 19.4 Å². The summed E-state index contributed by atoms with van der Waals surface area (Å²) in [6.07, 6.45) is 2.21. The summed E-state index contributed by atoms with van der Waals surface area (Å²) in [5.41, 5.74) is 2.10. The summed E-state index contributed by atoms with van der Waals surface area (Å²) in [5, 5.41) is 9.18. The molecule has 1 fully saturated rings. The van der Waals surface area contributed by atoms with E-state index in [1.165, 1.54) is 4.90 Å². The molecule has 1 atom stereocenters. The molecule has 1 aliphatic rings. The Balaban J connectivity index is 1.98. The highest BCUT2D eigenvalue weighted by Crippen LogP contribution is 2.20. The van der Waals surface area contributed by atoms with Gasteiger partial charge in [-0.05, 0) is 44.7 Å². The Labute approximate surface area is 124 Å². The van der Waals surface area contributed by atoms with E-state index in [2.05, 4.69) is 0 Å². The summed E-state index contributed by atoms with van der Waals surface area (Å²) in [5.74, 6) is -0.533. The van der Waals surface area contributed by atoms with Crippen LogP contribution in [0.15, 0.2) is 18.2 Å². The number of carbonyl (C=O) groups is 2. The molecule has 0 spiro atoms. The van der Waals surface area contributed by atoms with E-state index in [1.807, 2.05) is 32.0 Å². The number of carboxylic acids is 1. The summed E-state index contributed by atoms with van der Waals surface area (Å²) in [6.45, 7) is 4.29. The number of piperidine rings is 1. The number of carboxylic acid groups (broad SMARTS) is 1. The molecule has 21 heavy (non-hydrogen) atoms. The molecule has 0 radical (unpaired) electrons. The molecule has 1 amide bonds. The summed E-state index contributed by atoms with van der Waals surface area (Å²) in [4.78, 5) is 24.8. The number of aliphatic carboxylic acids is 1. The van der Waals surface area contributed by atoms with Gasteiger partial charge in [-0.1, -0.05) is 17.7 Å². The number of nitrogens with zero attached hydrogens (tertiary/aromatic N) is 1. The van der Waals surface area contributed by atoms with E-state index in [9.17, 15) is 14.7 Å². The summed E-state index contributed by atoms with van der Waals surface area (Å²) in [6, 6.07) is 5.03. The summed E-state index contributed by atoms with van der Waals surface area (Å²) in [7, 11) is 0. The van der Waals surface area contributed by atoms with Gasteiger partial charge in [-0.25, -0.2) is 4.79 Å². The molecule has 1 heterocycles. The molecule has 0 aromatic heterocycles. The summed E-state index contributed by atoms with van der Waals surface area (Å²) < 4.78 is 5.55. The first-order chi connectivity index (χ1) is 9.99. The second-order valence-electron chi connectivity index (χ2n) is 5.49. The first kappa shape index (κ1) is 15.4.